The quantitative estimate of drug-likeness (QED) is 0.632. The summed E-state index contributed by atoms with van der Waals surface area (Å²) in [7, 11) is 3.25. The lowest BCUT2D eigenvalue weighted by molar-refractivity contribution is -0.141. The number of hydrogen-bond donors (Lipinski definition) is 1. The fourth-order valence-electron chi connectivity index (χ4n) is 1.17. The number of hydrogen-bond acceptors (Lipinski definition) is 2. The molecular formula is C8H16O3. The molecule has 0 saturated heterocycles. The zero-order valence-corrected chi connectivity index (χ0v) is 7.17. The Kier molecular flexibility index (Phi) is 5.84. The maximum Gasteiger partial charge on any atom is 0.306 e. The third-order valence-corrected chi connectivity index (χ3v) is 1.70. The first-order chi connectivity index (χ1) is 5.22. The first-order valence-corrected chi connectivity index (χ1v) is 3.85. The van der Waals surface area contributed by atoms with Crippen LogP contribution in [0.2, 0.25) is 0 Å². The third kappa shape index (κ3) is 4.79. The maximum atomic E-state index is 10.2. The molecule has 0 aromatic rings. The summed E-state index contributed by atoms with van der Waals surface area (Å²) in [6, 6.07) is 0. The Morgan fingerprint density at radius 2 is 1.73 bits per heavy atom. The van der Waals surface area contributed by atoms with Gasteiger partial charge in [0.05, 0.1) is 5.92 Å². The molecule has 0 heterocycles. The molecule has 0 amide bonds. The van der Waals surface area contributed by atoms with Crippen LogP contribution >= 0.6 is 0 Å². The van der Waals surface area contributed by atoms with Crippen LogP contribution in [0.4, 0.5) is 0 Å². The van der Waals surface area contributed by atoms with Crippen LogP contribution in [0.15, 0.2) is 0 Å². The molecule has 1 aliphatic carbocycles. The van der Waals surface area contributed by atoms with Gasteiger partial charge in [-0.1, -0.05) is 12.8 Å². The van der Waals surface area contributed by atoms with Gasteiger partial charge in [0.15, 0.2) is 0 Å². The van der Waals surface area contributed by atoms with Crippen molar-refractivity contribution in [1.82, 2.24) is 0 Å². The van der Waals surface area contributed by atoms with E-state index in [0.29, 0.717) is 0 Å². The monoisotopic (exact) mass is 160 g/mol. The highest BCUT2D eigenvalue weighted by Gasteiger charge is 2.20. The highest BCUT2D eigenvalue weighted by Crippen LogP contribution is 2.24. The molecule has 0 spiro atoms. The average Bonchev–Trinajstić information content (AvgIpc) is 2.38. The molecular weight excluding hydrogens is 144 g/mol. The SMILES string of the molecule is COC.O=C(O)C1CCCC1. The van der Waals surface area contributed by atoms with Gasteiger partial charge in [0, 0.05) is 14.2 Å². The van der Waals surface area contributed by atoms with Crippen molar-refractivity contribution in [2.75, 3.05) is 14.2 Å². The molecule has 0 bridgehead atoms. The number of carboxylic acids is 1. The molecule has 1 rings (SSSR count). The van der Waals surface area contributed by atoms with Gasteiger partial charge in [-0.15, -0.1) is 0 Å². The van der Waals surface area contributed by atoms with Crippen molar-refractivity contribution in [2.24, 2.45) is 5.92 Å². The van der Waals surface area contributed by atoms with Crippen LogP contribution in [-0.4, -0.2) is 25.3 Å². The average molecular weight is 160 g/mol. The highest BCUT2D eigenvalue weighted by atomic mass is 16.4. The van der Waals surface area contributed by atoms with E-state index < -0.39 is 5.97 Å². The minimum atomic E-state index is -0.609. The van der Waals surface area contributed by atoms with Crippen LogP contribution in [0.5, 0.6) is 0 Å². The van der Waals surface area contributed by atoms with Crippen molar-refractivity contribution in [3.63, 3.8) is 0 Å². The standard InChI is InChI=1S/C6H10O2.C2H6O/c7-6(8)5-3-1-2-4-5;1-3-2/h5H,1-4H2,(H,7,8);1-2H3. The summed E-state index contributed by atoms with van der Waals surface area (Å²) < 4.78 is 4.25. The van der Waals surface area contributed by atoms with E-state index in [-0.39, 0.29) is 5.92 Å². The lowest BCUT2D eigenvalue weighted by Gasteiger charge is -1.97. The molecule has 0 atom stereocenters. The van der Waals surface area contributed by atoms with E-state index in [1.54, 1.807) is 14.2 Å². The Morgan fingerprint density at radius 1 is 1.36 bits per heavy atom. The van der Waals surface area contributed by atoms with Gasteiger partial charge in [-0.05, 0) is 12.8 Å². The molecule has 1 N–H and O–H groups in total. The summed E-state index contributed by atoms with van der Waals surface area (Å²) >= 11 is 0. The van der Waals surface area contributed by atoms with Gasteiger partial charge in [-0.3, -0.25) is 4.79 Å². The minimum absolute atomic E-state index is 0.0185. The van der Waals surface area contributed by atoms with Gasteiger partial charge in [0.2, 0.25) is 0 Å². The van der Waals surface area contributed by atoms with E-state index in [1.165, 1.54) is 0 Å². The van der Waals surface area contributed by atoms with Crippen molar-refractivity contribution < 1.29 is 14.6 Å². The third-order valence-electron chi connectivity index (χ3n) is 1.70. The summed E-state index contributed by atoms with van der Waals surface area (Å²) in [5, 5.41) is 8.41. The van der Waals surface area contributed by atoms with Crippen LogP contribution in [0, 0.1) is 5.92 Å². The predicted octanol–water partition coefficient (Wildman–Crippen LogP) is 1.52. The maximum absolute atomic E-state index is 10.2. The van der Waals surface area contributed by atoms with Gasteiger partial charge >= 0.3 is 5.97 Å². The number of carboxylic acid groups (broad SMARTS) is 1. The molecule has 1 aliphatic rings. The lowest BCUT2D eigenvalue weighted by Crippen LogP contribution is -2.07. The predicted molar refractivity (Wildman–Crippen MR) is 42.5 cm³/mol. The smallest absolute Gasteiger partial charge is 0.306 e. The van der Waals surface area contributed by atoms with Crippen LogP contribution in [0.25, 0.3) is 0 Å². The largest absolute Gasteiger partial charge is 0.481 e. The van der Waals surface area contributed by atoms with Crippen molar-refractivity contribution in [3.8, 4) is 0 Å². The summed E-state index contributed by atoms with van der Waals surface area (Å²) in [4.78, 5) is 10.2. The topological polar surface area (TPSA) is 46.5 Å². The van der Waals surface area contributed by atoms with Crippen molar-refractivity contribution >= 4 is 5.97 Å². The molecule has 1 saturated carbocycles. The molecule has 11 heavy (non-hydrogen) atoms. The first kappa shape index (κ1) is 10.4. The number of ether oxygens (including phenoxy) is 1. The zero-order valence-electron chi connectivity index (χ0n) is 7.17. The fraction of sp³-hybridized carbons (Fsp3) is 0.875. The summed E-state index contributed by atoms with van der Waals surface area (Å²) in [5.41, 5.74) is 0. The van der Waals surface area contributed by atoms with Gasteiger partial charge in [0.1, 0.15) is 0 Å². The molecule has 66 valence electrons. The van der Waals surface area contributed by atoms with Crippen LogP contribution < -0.4 is 0 Å². The Labute approximate surface area is 67.4 Å². The molecule has 0 radical (unpaired) electrons. The van der Waals surface area contributed by atoms with Gasteiger partial charge < -0.3 is 9.84 Å². The summed E-state index contributed by atoms with van der Waals surface area (Å²) in [6.45, 7) is 0. The second kappa shape index (κ2) is 6.16. The first-order valence-electron chi connectivity index (χ1n) is 3.85. The van der Waals surface area contributed by atoms with Crippen molar-refractivity contribution in [2.45, 2.75) is 25.7 Å². The number of carbonyl (C=O) groups is 1. The van der Waals surface area contributed by atoms with Crippen LogP contribution in [0.3, 0.4) is 0 Å². The van der Waals surface area contributed by atoms with Gasteiger partial charge in [-0.25, -0.2) is 0 Å². The molecule has 0 aliphatic heterocycles. The van der Waals surface area contributed by atoms with Crippen LogP contribution in [0.1, 0.15) is 25.7 Å². The summed E-state index contributed by atoms with van der Waals surface area (Å²) in [5.74, 6) is -0.627. The Morgan fingerprint density at radius 3 is 1.91 bits per heavy atom. The normalized spacial score (nSPS) is 17.3. The van der Waals surface area contributed by atoms with E-state index in [1.807, 2.05) is 0 Å². The van der Waals surface area contributed by atoms with Crippen LogP contribution in [-0.2, 0) is 9.53 Å². The van der Waals surface area contributed by atoms with Crippen molar-refractivity contribution in [1.29, 1.82) is 0 Å². The molecule has 1 fully saturated rings. The molecule has 0 aromatic carbocycles. The lowest BCUT2D eigenvalue weighted by atomic mass is 10.1. The van der Waals surface area contributed by atoms with E-state index in [0.717, 1.165) is 25.7 Å². The highest BCUT2D eigenvalue weighted by molar-refractivity contribution is 5.70. The van der Waals surface area contributed by atoms with Gasteiger partial charge in [0.25, 0.3) is 0 Å². The van der Waals surface area contributed by atoms with Gasteiger partial charge in [-0.2, -0.15) is 0 Å². The second-order valence-corrected chi connectivity index (χ2v) is 2.73. The van der Waals surface area contributed by atoms with E-state index >= 15 is 0 Å². The van der Waals surface area contributed by atoms with E-state index in [2.05, 4.69) is 4.74 Å². The second-order valence-electron chi connectivity index (χ2n) is 2.73. The fourth-order valence-corrected chi connectivity index (χ4v) is 1.17. The molecule has 3 heteroatoms. The minimum Gasteiger partial charge on any atom is -0.481 e. The Hall–Kier alpha value is -0.570. The number of rotatable bonds is 1. The molecule has 0 unspecified atom stereocenters. The van der Waals surface area contributed by atoms with Crippen molar-refractivity contribution in [3.05, 3.63) is 0 Å². The molecule has 3 nitrogen and oxygen atoms in total. The van der Waals surface area contributed by atoms with E-state index in [9.17, 15) is 4.79 Å². The Balaban J connectivity index is 0.000000292. The number of aliphatic carboxylic acids is 1. The Bertz CT molecular complexity index is 106. The summed E-state index contributed by atoms with van der Waals surface area (Å²) in [6.07, 6.45) is 4.01. The number of methoxy groups -OCH3 is 1. The zero-order chi connectivity index (χ0) is 8.69. The van der Waals surface area contributed by atoms with E-state index in [4.69, 9.17) is 5.11 Å². The molecule has 0 aromatic heterocycles.